The van der Waals surface area contributed by atoms with Gasteiger partial charge in [-0.05, 0) is 31.9 Å². The molecule has 18 heavy (non-hydrogen) atoms. The van der Waals surface area contributed by atoms with Crippen LogP contribution >= 0.6 is 0 Å². The average molecular weight is 251 g/mol. The highest BCUT2D eigenvalue weighted by Gasteiger charge is 2.16. The molecule has 2 unspecified atom stereocenters. The molecule has 0 spiro atoms. The summed E-state index contributed by atoms with van der Waals surface area (Å²) in [7, 11) is 2.05. The van der Waals surface area contributed by atoms with Crippen molar-refractivity contribution in [1.29, 1.82) is 0 Å². The van der Waals surface area contributed by atoms with Gasteiger partial charge in [0, 0.05) is 18.7 Å². The van der Waals surface area contributed by atoms with Gasteiger partial charge in [-0.2, -0.15) is 5.10 Å². The third-order valence-corrected chi connectivity index (χ3v) is 4.11. The zero-order valence-corrected chi connectivity index (χ0v) is 12.6. The van der Waals surface area contributed by atoms with E-state index in [1.807, 2.05) is 0 Å². The largest absolute Gasteiger partial charge is 0.316 e. The van der Waals surface area contributed by atoms with Gasteiger partial charge in [0.2, 0.25) is 0 Å². The summed E-state index contributed by atoms with van der Waals surface area (Å²) in [6.07, 6.45) is 6.67. The van der Waals surface area contributed by atoms with E-state index in [2.05, 4.69) is 57.0 Å². The first-order chi connectivity index (χ1) is 8.65. The lowest BCUT2D eigenvalue weighted by molar-refractivity contribution is 0.377. The molecule has 0 saturated carbocycles. The van der Waals surface area contributed by atoms with Crippen molar-refractivity contribution in [2.24, 2.45) is 5.92 Å². The zero-order valence-electron chi connectivity index (χ0n) is 12.6. The summed E-state index contributed by atoms with van der Waals surface area (Å²) >= 11 is 0. The summed E-state index contributed by atoms with van der Waals surface area (Å²) in [6, 6.07) is 3.25. The van der Waals surface area contributed by atoms with Crippen molar-refractivity contribution < 1.29 is 0 Å². The summed E-state index contributed by atoms with van der Waals surface area (Å²) < 4.78 is 2.14. The van der Waals surface area contributed by atoms with Crippen molar-refractivity contribution in [3.8, 4) is 0 Å². The molecule has 3 heteroatoms. The molecule has 0 bridgehead atoms. The van der Waals surface area contributed by atoms with E-state index in [0.29, 0.717) is 18.0 Å². The first kappa shape index (κ1) is 15.2. The molecule has 2 atom stereocenters. The predicted octanol–water partition coefficient (Wildman–Crippen LogP) is 3.42. The number of nitrogens with zero attached hydrogens (tertiary/aromatic N) is 2. The molecule has 0 fully saturated rings. The summed E-state index contributed by atoms with van der Waals surface area (Å²) in [5.74, 6) is 0.688. The minimum absolute atomic E-state index is 0.528. The second-order valence-corrected chi connectivity index (χ2v) is 5.24. The lowest BCUT2D eigenvalue weighted by Gasteiger charge is -2.21. The van der Waals surface area contributed by atoms with Crippen molar-refractivity contribution >= 4 is 0 Å². The van der Waals surface area contributed by atoms with Crippen LogP contribution in [0.15, 0.2) is 12.3 Å². The van der Waals surface area contributed by atoms with Gasteiger partial charge in [0.05, 0.1) is 11.7 Å². The van der Waals surface area contributed by atoms with Crippen LogP contribution in [0.1, 0.15) is 58.7 Å². The lowest BCUT2D eigenvalue weighted by Crippen LogP contribution is -2.34. The molecule has 1 rings (SSSR count). The first-order valence-electron chi connectivity index (χ1n) is 7.37. The van der Waals surface area contributed by atoms with E-state index in [9.17, 15) is 0 Å². The Kier molecular flexibility index (Phi) is 6.41. The maximum atomic E-state index is 4.73. The topological polar surface area (TPSA) is 29.9 Å². The number of aromatic nitrogens is 2. The molecule has 1 N–H and O–H groups in total. The smallest absolute Gasteiger partial charge is 0.0640 e. The highest BCUT2D eigenvalue weighted by atomic mass is 15.3. The van der Waals surface area contributed by atoms with Gasteiger partial charge in [-0.25, -0.2) is 0 Å². The van der Waals surface area contributed by atoms with Gasteiger partial charge in [-0.3, -0.25) is 4.68 Å². The maximum Gasteiger partial charge on any atom is 0.0640 e. The molecule has 0 saturated heterocycles. The third kappa shape index (κ3) is 3.84. The summed E-state index contributed by atoms with van der Waals surface area (Å²) in [5, 5.41) is 8.15. The molecule has 104 valence electrons. The molecule has 3 nitrogen and oxygen atoms in total. The van der Waals surface area contributed by atoms with Crippen LogP contribution < -0.4 is 5.32 Å². The quantitative estimate of drug-likeness (QED) is 0.767. The second-order valence-electron chi connectivity index (χ2n) is 5.24. The van der Waals surface area contributed by atoms with Gasteiger partial charge in [0.15, 0.2) is 0 Å². The second kappa shape index (κ2) is 7.57. The SMILES string of the molecule is CCC(C)C(Cc1ccn(C(CC)CC)n1)NC. The lowest BCUT2D eigenvalue weighted by atomic mass is 9.95. The highest BCUT2D eigenvalue weighted by molar-refractivity contribution is 5.03. The predicted molar refractivity (Wildman–Crippen MR) is 77.9 cm³/mol. The molecule has 1 aromatic heterocycles. The molecule has 0 aliphatic carbocycles. The molecular weight excluding hydrogens is 222 g/mol. The van der Waals surface area contributed by atoms with Crippen LogP contribution in [0.5, 0.6) is 0 Å². The Balaban J connectivity index is 2.67. The number of nitrogens with one attached hydrogen (secondary N) is 1. The Labute approximate surface area is 112 Å². The van der Waals surface area contributed by atoms with Crippen molar-refractivity contribution in [3.63, 3.8) is 0 Å². The van der Waals surface area contributed by atoms with E-state index in [1.165, 1.54) is 12.1 Å². The van der Waals surface area contributed by atoms with Crippen LogP contribution in [0, 0.1) is 5.92 Å². The monoisotopic (exact) mass is 251 g/mol. The fraction of sp³-hybridized carbons (Fsp3) is 0.800. The summed E-state index contributed by atoms with van der Waals surface area (Å²) in [5.41, 5.74) is 1.21. The van der Waals surface area contributed by atoms with E-state index >= 15 is 0 Å². The van der Waals surface area contributed by atoms with E-state index in [1.54, 1.807) is 0 Å². The number of hydrogen-bond acceptors (Lipinski definition) is 2. The molecule has 0 aromatic carbocycles. The van der Waals surface area contributed by atoms with Gasteiger partial charge in [0.1, 0.15) is 0 Å². The molecule has 1 aromatic rings. The standard InChI is InChI=1S/C15H29N3/c1-6-12(4)15(16-5)11-13-9-10-18(17-13)14(7-2)8-3/h9-10,12,14-16H,6-8,11H2,1-5H3. The Morgan fingerprint density at radius 3 is 2.39 bits per heavy atom. The van der Waals surface area contributed by atoms with Crippen molar-refractivity contribution in [2.75, 3.05) is 7.05 Å². The van der Waals surface area contributed by atoms with Crippen LogP contribution in [0.25, 0.3) is 0 Å². The van der Waals surface area contributed by atoms with Crippen LogP contribution in [0.2, 0.25) is 0 Å². The summed E-state index contributed by atoms with van der Waals surface area (Å²) in [6.45, 7) is 9.01. The van der Waals surface area contributed by atoms with Crippen LogP contribution in [-0.4, -0.2) is 22.9 Å². The van der Waals surface area contributed by atoms with Gasteiger partial charge in [0.25, 0.3) is 0 Å². The maximum absolute atomic E-state index is 4.73. The fourth-order valence-electron chi connectivity index (χ4n) is 2.45. The van der Waals surface area contributed by atoms with E-state index in [4.69, 9.17) is 5.10 Å². The molecule has 0 aliphatic heterocycles. The Bertz CT molecular complexity index is 328. The Morgan fingerprint density at radius 1 is 1.22 bits per heavy atom. The van der Waals surface area contributed by atoms with Crippen LogP contribution in [0.3, 0.4) is 0 Å². The molecule has 0 aliphatic rings. The summed E-state index contributed by atoms with van der Waals surface area (Å²) in [4.78, 5) is 0. The van der Waals surface area contributed by atoms with Crippen LogP contribution in [0.4, 0.5) is 0 Å². The fourth-order valence-corrected chi connectivity index (χ4v) is 2.45. The van der Waals surface area contributed by atoms with Gasteiger partial charge in [-0.1, -0.05) is 34.1 Å². The number of likely N-dealkylation sites (N-methyl/N-ethyl adjacent to an activating group) is 1. The number of hydrogen-bond donors (Lipinski definition) is 1. The number of rotatable bonds is 8. The molecule has 0 radical (unpaired) electrons. The van der Waals surface area contributed by atoms with Crippen molar-refractivity contribution in [3.05, 3.63) is 18.0 Å². The van der Waals surface area contributed by atoms with Gasteiger partial charge in [-0.15, -0.1) is 0 Å². The minimum Gasteiger partial charge on any atom is -0.316 e. The molecule has 0 amide bonds. The molecule has 1 heterocycles. The Hall–Kier alpha value is -0.830. The highest BCUT2D eigenvalue weighted by Crippen LogP contribution is 2.17. The zero-order chi connectivity index (χ0) is 13.5. The average Bonchev–Trinajstić information content (AvgIpc) is 2.85. The minimum atomic E-state index is 0.528. The Morgan fingerprint density at radius 2 is 1.89 bits per heavy atom. The van der Waals surface area contributed by atoms with Crippen molar-refractivity contribution in [2.45, 2.75) is 65.5 Å². The van der Waals surface area contributed by atoms with Gasteiger partial charge < -0.3 is 5.32 Å². The third-order valence-electron chi connectivity index (χ3n) is 4.11. The van der Waals surface area contributed by atoms with Crippen LogP contribution in [-0.2, 0) is 6.42 Å². The van der Waals surface area contributed by atoms with E-state index < -0.39 is 0 Å². The normalized spacial score (nSPS) is 15.0. The molecular formula is C15H29N3. The van der Waals surface area contributed by atoms with E-state index in [-0.39, 0.29) is 0 Å². The van der Waals surface area contributed by atoms with Crippen molar-refractivity contribution in [1.82, 2.24) is 15.1 Å². The van der Waals surface area contributed by atoms with E-state index in [0.717, 1.165) is 19.3 Å². The first-order valence-corrected chi connectivity index (χ1v) is 7.37. The van der Waals surface area contributed by atoms with Gasteiger partial charge >= 0.3 is 0 Å².